The standard InChI is InChI=1S/C81H116O8/c1-52(2)19-17-21-54(5)58-35-39-76(13)66-31-29-64-72(7,8)68(37-41-78(64)49-80(66,78)45-43-74(58,76)11)88-70(82)33-25-56-23-27-60(62(47-56)84-15)86-51-87-61-28-24-57(48-63(61)85-16)26-34-71(83)89-69-38-42-79-50-81(79)46-44-75(12)59(55(6)22-18-20-53(3)4)36-40-77(75,14)67(81)32-30-65(79)73(69,9)10/h19-20,23-28,33-34,47-48,54-55,58-59,64-69H,17-18,21-22,29-32,35-46,49-51H2,1-16H3/b33-25+,34-26+/t54-,55-,58-,59-,64+,65+,66+,67+,68+,69+,74-,75-,76+,77+,78-,79-,80+,81+/m1/s1. The molecule has 0 saturated heterocycles. The van der Waals surface area contributed by atoms with Gasteiger partial charge in [-0.2, -0.15) is 0 Å². The van der Waals surface area contributed by atoms with Gasteiger partial charge in [0.05, 0.1) is 14.2 Å². The van der Waals surface area contributed by atoms with Crippen molar-refractivity contribution in [2.45, 2.75) is 250 Å². The van der Waals surface area contributed by atoms with Crippen molar-refractivity contribution in [1.82, 2.24) is 0 Å². The van der Waals surface area contributed by atoms with Gasteiger partial charge in [0.2, 0.25) is 6.79 Å². The number of rotatable bonds is 20. The highest BCUT2D eigenvalue weighted by Gasteiger charge is 2.84. The van der Waals surface area contributed by atoms with Gasteiger partial charge in [-0.1, -0.05) is 105 Å². The Kier molecular flexibility index (Phi) is 16.9. The zero-order valence-electron chi connectivity index (χ0n) is 58.2. The molecule has 89 heavy (non-hydrogen) atoms. The summed E-state index contributed by atoms with van der Waals surface area (Å²) in [6, 6.07) is 11.2. The first-order valence-corrected chi connectivity index (χ1v) is 35.8. The molecule has 10 aliphatic rings. The molecule has 8 nitrogen and oxygen atoms in total. The number of hydrogen-bond donors (Lipinski definition) is 0. The van der Waals surface area contributed by atoms with Crippen molar-refractivity contribution in [1.29, 1.82) is 0 Å². The summed E-state index contributed by atoms with van der Waals surface area (Å²) in [6.45, 7) is 34.5. The molecule has 10 saturated carbocycles. The summed E-state index contributed by atoms with van der Waals surface area (Å²) in [4.78, 5) is 27.4. The zero-order valence-corrected chi connectivity index (χ0v) is 58.2. The summed E-state index contributed by atoms with van der Waals surface area (Å²) < 4.78 is 36.7. The van der Waals surface area contributed by atoms with Crippen LogP contribution >= 0.6 is 0 Å². The molecule has 488 valence electrons. The molecule has 18 atom stereocenters. The van der Waals surface area contributed by atoms with Crippen LogP contribution in [0.4, 0.5) is 0 Å². The number of allylic oxidation sites excluding steroid dienone is 4. The summed E-state index contributed by atoms with van der Waals surface area (Å²) in [5, 5.41) is 0. The van der Waals surface area contributed by atoms with Crippen LogP contribution in [0, 0.1) is 101 Å². The molecule has 12 rings (SSSR count). The highest BCUT2D eigenvalue weighted by molar-refractivity contribution is 5.88. The van der Waals surface area contributed by atoms with E-state index >= 15 is 0 Å². The Morgan fingerprint density at radius 1 is 0.472 bits per heavy atom. The summed E-state index contributed by atoms with van der Waals surface area (Å²) in [6.07, 6.45) is 39.8. The largest absolute Gasteiger partial charge is 0.493 e. The van der Waals surface area contributed by atoms with Crippen molar-refractivity contribution >= 4 is 24.1 Å². The molecule has 0 N–H and O–H groups in total. The minimum atomic E-state index is -0.290. The van der Waals surface area contributed by atoms with E-state index in [0.29, 0.717) is 78.2 Å². The molecular formula is C81H116O8. The molecule has 0 heterocycles. The minimum Gasteiger partial charge on any atom is -0.493 e. The summed E-state index contributed by atoms with van der Waals surface area (Å²) in [7, 11) is 3.22. The van der Waals surface area contributed by atoms with E-state index in [2.05, 4.69) is 109 Å². The molecule has 0 aromatic heterocycles. The highest BCUT2D eigenvalue weighted by Crippen LogP contribution is 2.91. The van der Waals surface area contributed by atoms with E-state index in [0.717, 1.165) is 59.5 Å². The van der Waals surface area contributed by atoms with Crippen LogP contribution in [-0.2, 0) is 19.1 Å². The molecule has 10 aliphatic carbocycles. The smallest absolute Gasteiger partial charge is 0.331 e. The Bertz CT molecular complexity index is 2930. The SMILES string of the molecule is COc1cc(/C=C/C(=O)O[C@H]2CC[C@]34C[C@]35CC[C@]3(C)[C@@H]([C@H](C)CCC=C(C)C)CC[C@@]3(C)[C@@H]5CC[C@H]4C2(C)C)ccc1OCOc1ccc(/C=C/C(=O)O[C@H]2CC[C@]34C[C@]35CC[C@]3(C)[C@@H]([C@H](C)CCC=C(C)C)CC[C@@]3(C)[C@@H]5CC[C@H]4C2(C)C)cc1OC. The van der Waals surface area contributed by atoms with Crippen LogP contribution in [-0.4, -0.2) is 45.2 Å². The quantitative estimate of drug-likeness (QED) is 0.0561. The molecule has 4 spiro atoms. The van der Waals surface area contributed by atoms with Gasteiger partial charge in [0.15, 0.2) is 23.0 Å². The summed E-state index contributed by atoms with van der Waals surface area (Å²) in [5.74, 6) is 7.46. The highest BCUT2D eigenvalue weighted by atomic mass is 16.7. The topological polar surface area (TPSA) is 89.5 Å². The fraction of sp³-hybridized carbons (Fsp3) is 0.728. The fourth-order valence-corrected chi connectivity index (χ4v) is 25.3. The number of fused-ring (bicyclic) bond motifs is 4. The molecule has 0 unspecified atom stereocenters. The van der Waals surface area contributed by atoms with Gasteiger partial charge in [-0.05, 0) is 307 Å². The van der Waals surface area contributed by atoms with Crippen LogP contribution in [0.3, 0.4) is 0 Å². The Balaban J connectivity index is 0.608. The first-order chi connectivity index (χ1) is 42.1. The van der Waals surface area contributed by atoms with Crippen molar-refractivity contribution < 1.29 is 38.0 Å². The Morgan fingerprint density at radius 3 is 1.24 bits per heavy atom. The number of benzene rings is 2. The van der Waals surface area contributed by atoms with E-state index in [-0.39, 0.29) is 41.8 Å². The third-order valence-electron chi connectivity index (χ3n) is 30.1. The Hall–Kier alpha value is -4.46. The predicted octanol–water partition coefficient (Wildman–Crippen LogP) is 20.6. The Morgan fingerprint density at radius 2 is 0.854 bits per heavy atom. The molecular weight excluding hydrogens is 1100 g/mol. The third kappa shape index (κ3) is 10.2. The maximum atomic E-state index is 13.7. The number of esters is 2. The molecule has 0 radical (unpaired) electrons. The molecule has 2 aromatic carbocycles. The second-order valence-electron chi connectivity index (χ2n) is 34.4. The van der Waals surface area contributed by atoms with Crippen LogP contribution in [0.5, 0.6) is 23.0 Å². The monoisotopic (exact) mass is 1220 g/mol. The maximum Gasteiger partial charge on any atom is 0.331 e. The number of carbonyl (C=O) groups excluding carboxylic acids is 2. The second-order valence-corrected chi connectivity index (χ2v) is 34.4. The van der Waals surface area contributed by atoms with Crippen molar-refractivity contribution in [3.8, 4) is 23.0 Å². The van der Waals surface area contributed by atoms with Gasteiger partial charge >= 0.3 is 11.9 Å². The van der Waals surface area contributed by atoms with Crippen molar-refractivity contribution in [3.63, 3.8) is 0 Å². The molecule has 0 aliphatic heterocycles. The molecule has 2 aromatic rings. The predicted molar refractivity (Wildman–Crippen MR) is 359 cm³/mol. The van der Waals surface area contributed by atoms with Gasteiger partial charge in [-0.25, -0.2) is 9.59 Å². The number of methoxy groups -OCH3 is 2. The van der Waals surface area contributed by atoms with E-state index < -0.39 is 0 Å². The average molecular weight is 1220 g/mol. The molecule has 10 fully saturated rings. The van der Waals surface area contributed by atoms with Crippen LogP contribution < -0.4 is 18.9 Å². The van der Waals surface area contributed by atoms with E-state index in [4.69, 9.17) is 28.4 Å². The van der Waals surface area contributed by atoms with Crippen molar-refractivity contribution in [2.24, 2.45) is 101 Å². The molecule has 0 amide bonds. The normalized spacial score (nSPS) is 40.4. The van der Waals surface area contributed by atoms with Crippen LogP contribution in [0.2, 0.25) is 0 Å². The lowest BCUT2D eigenvalue weighted by molar-refractivity contribution is -0.179. The van der Waals surface area contributed by atoms with Crippen molar-refractivity contribution in [2.75, 3.05) is 21.0 Å². The van der Waals surface area contributed by atoms with E-state index in [1.54, 1.807) is 26.4 Å². The van der Waals surface area contributed by atoms with E-state index in [9.17, 15) is 9.59 Å². The van der Waals surface area contributed by atoms with Gasteiger partial charge < -0.3 is 28.4 Å². The minimum absolute atomic E-state index is 0.0860. The average Bonchev–Trinajstić information content (AvgIpc) is 1.48. The lowest BCUT2D eigenvalue weighted by Gasteiger charge is -2.63. The van der Waals surface area contributed by atoms with Gasteiger partial charge in [0.25, 0.3) is 0 Å². The fourth-order valence-electron chi connectivity index (χ4n) is 25.3. The third-order valence-corrected chi connectivity index (χ3v) is 30.1. The van der Waals surface area contributed by atoms with Crippen LogP contribution in [0.1, 0.15) is 249 Å². The first kappa shape index (κ1) is 64.6. The van der Waals surface area contributed by atoms with E-state index in [1.165, 1.54) is 140 Å². The lowest BCUT2D eigenvalue weighted by Crippen LogP contribution is -2.58. The zero-order chi connectivity index (χ0) is 63.5. The van der Waals surface area contributed by atoms with Crippen molar-refractivity contribution in [3.05, 3.63) is 83.0 Å². The second kappa shape index (κ2) is 23.2. The maximum absolute atomic E-state index is 13.7. The first-order valence-electron chi connectivity index (χ1n) is 35.8. The van der Waals surface area contributed by atoms with Gasteiger partial charge in [-0.15, -0.1) is 0 Å². The lowest BCUT2D eigenvalue weighted by atomic mass is 9.41. The summed E-state index contributed by atoms with van der Waals surface area (Å²) in [5.41, 5.74) is 7.73. The Labute approximate surface area is 538 Å². The van der Waals surface area contributed by atoms with Gasteiger partial charge in [0, 0.05) is 23.0 Å². The van der Waals surface area contributed by atoms with Crippen LogP contribution in [0.15, 0.2) is 71.8 Å². The van der Waals surface area contributed by atoms with Gasteiger partial charge in [-0.3, -0.25) is 0 Å². The number of carbonyl (C=O) groups is 2. The number of ether oxygens (including phenoxy) is 6. The molecule has 8 heteroatoms. The van der Waals surface area contributed by atoms with E-state index in [1.807, 2.05) is 48.6 Å². The number of hydrogen-bond acceptors (Lipinski definition) is 8. The van der Waals surface area contributed by atoms with Crippen LogP contribution in [0.25, 0.3) is 12.2 Å². The summed E-state index contributed by atoms with van der Waals surface area (Å²) >= 11 is 0. The van der Waals surface area contributed by atoms with Gasteiger partial charge in [0.1, 0.15) is 12.2 Å². The molecule has 0 bridgehead atoms.